The molecule has 1 aliphatic carbocycles. The third-order valence-corrected chi connectivity index (χ3v) is 5.90. The molecule has 1 aromatic carbocycles. The molecule has 33 heavy (non-hydrogen) atoms. The van der Waals surface area contributed by atoms with Crippen LogP contribution in [0.3, 0.4) is 0 Å². The molecule has 1 heterocycles. The second kappa shape index (κ2) is 12.7. The van der Waals surface area contributed by atoms with E-state index in [4.69, 9.17) is 5.26 Å². The van der Waals surface area contributed by atoms with Gasteiger partial charge in [0.05, 0.1) is 18.1 Å². The van der Waals surface area contributed by atoms with E-state index in [1.165, 1.54) is 39.9 Å². The Kier molecular flexibility index (Phi) is 9.96. The minimum absolute atomic E-state index is 0.0328. The molecule has 2 atom stereocenters. The van der Waals surface area contributed by atoms with Crippen molar-refractivity contribution < 1.29 is 0 Å². The Balaban J connectivity index is 0.00000122. The number of aromatic nitrogens is 1. The van der Waals surface area contributed by atoms with Gasteiger partial charge in [0, 0.05) is 34.8 Å². The second-order valence-electron chi connectivity index (χ2n) is 9.02. The van der Waals surface area contributed by atoms with E-state index in [2.05, 4.69) is 93.5 Å². The van der Waals surface area contributed by atoms with Crippen LogP contribution >= 0.6 is 0 Å². The van der Waals surface area contributed by atoms with E-state index in [-0.39, 0.29) is 5.92 Å². The zero-order valence-corrected chi connectivity index (χ0v) is 20.8. The number of benzene rings is 1. The van der Waals surface area contributed by atoms with Crippen molar-refractivity contribution in [2.75, 3.05) is 0 Å². The van der Waals surface area contributed by atoms with Gasteiger partial charge in [0.25, 0.3) is 0 Å². The van der Waals surface area contributed by atoms with Crippen LogP contribution in [0.2, 0.25) is 0 Å². The fourth-order valence-electron chi connectivity index (χ4n) is 4.44. The third-order valence-electron chi connectivity index (χ3n) is 5.90. The molecule has 0 N–H and O–H groups in total. The summed E-state index contributed by atoms with van der Waals surface area (Å²) in [6.45, 7) is 14.1. The smallest absolute Gasteiger partial charge is 0.0659 e. The van der Waals surface area contributed by atoms with Crippen LogP contribution in [0.25, 0.3) is 29.4 Å². The van der Waals surface area contributed by atoms with Crippen molar-refractivity contribution >= 4 is 18.2 Å². The zero-order chi connectivity index (χ0) is 24.4. The number of nitrogens with zero attached hydrogens (tertiary/aromatic N) is 3. The van der Waals surface area contributed by atoms with Gasteiger partial charge < -0.3 is 4.57 Å². The normalized spacial score (nSPS) is 14.1. The van der Waals surface area contributed by atoms with E-state index < -0.39 is 0 Å². The molecule has 0 spiro atoms. The van der Waals surface area contributed by atoms with Gasteiger partial charge in [-0.2, -0.15) is 10.5 Å². The molecule has 0 saturated carbocycles. The predicted octanol–water partition coefficient (Wildman–Crippen LogP) is 6.68. The van der Waals surface area contributed by atoms with Crippen LogP contribution in [0.4, 0.5) is 0 Å². The number of allylic oxidation sites excluding steroid dienone is 2. The molecule has 172 valence electrons. The Morgan fingerprint density at radius 1 is 1.09 bits per heavy atom. The van der Waals surface area contributed by atoms with E-state index in [0.29, 0.717) is 12.0 Å². The van der Waals surface area contributed by atoms with Gasteiger partial charge in [-0.1, -0.05) is 61.1 Å². The lowest BCUT2D eigenvalue weighted by atomic mass is 9.93. The van der Waals surface area contributed by atoms with Crippen LogP contribution in [-0.2, 0) is 0 Å². The number of nitriles is 2. The maximum atomic E-state index is 9.40. The Bertz CT molecular complexity index is 1160. The van der Waals surface area contributed by atoms with Gasteiger partial charge >= 0.3 is 0 Å². The summed E-state index contributed by atoms with van der Waals surface area (Å²) in [5.74, 6) is 0.367. The fourth-order valence-corrected chi connectivity index (χ4v) is 4.44. The summed E-state index contributed by atoms with van der Waals surface area (Å²) < 4.78 is 2.48. The molecule has 0 amide bonds. The highest BCUT2D eigenvalue weighted by Gasteiger charge is 2.18. The van der Waals surface area contributed by atoms with Gasteiger partial charge in [0.1, 0.15) is 0 Å². The molecule has 0 fully saturated rings. The quantitative estimate of drug-likeness (QED) is 0.431. The summed E-state index contributed by atoms with van der Waals surface area (Å²) >= 11 is 0. The Labute approximate surface area is 199 Å². The van der Waals surface area contributed by atoms with Crippen molar-refractivity contribution in [1.82, 2.24) is 4.57 Å². The molecular formula is C30H37N3. The number of fused-ring (bicyclic) bond motifs is 1. The second-order valence-corrected chi connectivity index (χ2v) is 9.02. The average molecular weight is 440 g/mol. The van der Waals surface area contributed by atoms with Gasteiger partial charge in [-0.05, 0) is 64.0 Å². The van der Waals surface area contributed by atoms with Crippen molar-refractivity contribution in [3.8, 4) is 23.3 Å². The standard InChI is InChI=1S/C28H34N2.C2H3N/c1-6-9-23(19-29)18-22(5)14-17-27-28(24-15-12-21(4)13-16-24)25-10-7-8-11-26(25)30(27)20(2)3;1-2-3/h6,10-17,20,22-23H,1,7-9,18H2,2-5H3;1H3/b17-14+;. The predicted molar refractivity (Wildman–Crippen MR) is 140 cm³/mol. The van der Waals surface area contributed by atoms with Gasteiger partial charge in [-0.15, -0.1) is 6.58 Å². The lowest BCUT2D eigenvalue weighted by molar-refractivity contribution is 0.524. The Hall–Kier alpha value is -3.30. The summed E-state index contributed by atoms with van der Waals surface area (Å²) in [7, 11) is 0. The average Bonchev–Trinajstić information content (AvgIpc) is 3.13. The summed E-state index contributed by atoms with van der Waals surface area (Å²) in [5, 5.41) is 19.4. The van der Waals surface area contributed by atoms with Crippen molar-refractivity contribution in [2.45, 2.75) is 66.3 Å². The van der Waals surface area contributed by atoms with E-state index in [1.54, 1.807) is 6.07 Å². The molecule has 0 aliphatic heterocycles. The third kappa shape index (κ3) is 6.59. The molecule has 0 saturated heterocycles. The first-order valence-corrected chi connectivity index (χ1v) is 11.9. The van der Waals surface area contributed by atoms with Crippen molar-refractivity contribution in [2.24, 2.45) is 11.8 Å². The summed E-state index contributed by atoms with van der Waals surface area (Å²) in [5.41, 5.74) is 5.16. The molecule has 1 aliphatic rings. The van der Waals surface area contributed by atoms with Gasteiger partial charge in [-0.3, -0.25) is 0 Å². The van der Waals surface area contributed by atoms with Gasteiger partial charge in [0.2, 0.25) is 0 Å². The van der Waals surface area contributed by atoms with E-state index in [0.717, 1.165) is 25.7 Å². The molecule has 3 rings (SSSR count). The first-order chi connectivity index (χ1) is 15.9. The molecule has 1 aromatic heterocycles. The van der Waals surface area contributed by atoms with Crippen LogP contribution < -0.4 is 10.6 Å². The van der Waals surface area contributed by atoms with E-state index in [1.807, 2.05) is 6.08 Å². The number of hydrogen-bond acceptors (Lipinski definition) is 2. The minimum Gasteiger partial charge on any atom is -0.338 e. The SMILES string of the molecule is C=CCC(C#N)CC(C)/C=C/c1c(-c2ccc(C)cc2)c2c(n1C(C)C)=CCCC=2.CC#N. The van der Waals surface area contributed by atoms with Crippen LogP contribution in [0.15, 0.2) is 43.0 Å². The largest absolute Gasteiger partial charge is 0.338 e. The zero-order valence-electron chi connectivity index (χ0n) is 20.8. The van der Waals surface area contributed by atoms with Crippen molar-refractivity contribution in [3.05, 3.63) is 64.8 Å². The first kappa shape index (κ1) is 26.0. The van der Waals surface area contributed by atoms with Crippen LogP contribution in [-0.4, -0.2) is 4.57 Å². The Morgan fingerprint density at radius 3 is 2.30 bits per heavy atom. The maximum absolute atomic E-state index is 9.40. The monoisotopic (exact) mass is 439 g/mol. The molecule has 3 nitrogen and oxygen atoms in total. The fraction of sp³-hybridized carbons (Fsp3) is 0.400. The minimum atomic E-state index is 0.0328. The molecule has 0 radical (unpaired) electrons. The highest BCUT2D eigenvalue weighted by atomic mass is 15.0. The van der Waals surface area contributed by atoms with E-state index >= 15 is 0 Å². The molecule has 3 heteroatoms. The van der Waals surface area contributed by atoms with Crippen LogP contribution in [0.1, 0.15) is 70.7 Å². The maximum Gasteiger partial charge on any atom is 0.0659 e. The highest BCUT2D eigenvalue weighted by molar-refractivity contribution is 5.76. The number of hydrogen-bond donors (Lipinski definition) is 0. The van der Waals surface area contributed by atoms with Gasteiger partial charge in [-0.25, -0.2) is 0 Å². The van der Waals surface area contributed by atoms with Crippen molar-refractivity contribution in [1.29, 1.82) is 10.5 Å². The van der Waals surface area contributed by atoms with Crippen LogP contribution in [0.5, 0.6) is 0 Å². The summed E-state index contributed by atoms with van der Waals surface area (Å²) in [6, 6.07) is 13.4. The molecule has 2 unspecified atom stereocenters. The molecule has 2 aromatic rings. The Morgan fingerprint density at radius 2 is 1.73 bits per heavy atom. The first-order valence-electron chi connectivity index (χ1n) is 11.9. The topological polar surface area (TPSA) is 52.5 Å². The van der Waals surface area contributed by atoms with E-state index in [9.17, 15) is 5.26 Å². The van der Waals surface area contributed by atoms with Crippen molar-refractivity contribution in [3.63, 3.8) is 0 Å². The van der Waals surface area contributed by atoms with Crippen LogP contribution in [0, 0.1) is 41.4 Å². The van der Waals surface area contributed by atoms with Gasteiger partial charge in [0.15, 0.2) is 0 Å². The summed E-state index contributed by atoms with van der Waals surface area (Å²) in [6.07, 6.45) is 15.0. The highest BCUT2D eigenvalue weighted by Crippen LogP contribution is 2.26. The molecular weight excluding hydrogens is 402 g/mol. The molecule has 0 bridgehead atoms. The lowest BCUT2D eigenvalue weighted by Crippen LogP contribution is -2.32. The number of aryl methyl sites for hydroxylation is 1. The number of rotatable bonds is 8. The lowest BCUT2D eigenvalue weighted by Gasteiger charge is -2.15. The summed E-state index contributed by atoms with van der Waals surface area (Å²) in [4.78, 5) is 0.